The normalized spacial score (nSPS) is 14.0. The van der Waals surface area contributed by atoms with Gasteiger partial charge in [-0.25, -0.2) is 0 Å². The van der Waals surface area contributed by atoms with Crippen LogP contribution in [0.3, 0.4) is 0 Å². The average molecular weight is 232 g/mol. The molecule has 1 rings (SSSR count). The molecular weight excluding hydrogens is 212 g/mol. The zero-order chi connectivity index (χ0) is 12.7. The smallest absolute Gasteiger partial charge is 0.0991 e. The summed E-state index contributed by atoms with van der Waals surface area (Å²) in [6, 6.07) is 10.0. The van der Waals surface area contributed by atoms with Gasteiger partial charge in [0.2, 0.25) is 0 Å². The van der Waals surface area contributed by atoms with E-state index in [1.54, 1.807) is 0 Å². The van der Waals surface area contributed by atoms with Crippen LogP contribution in [-0.2, 0) is 0 Å². The van der Waals surface area contributed by atoms with Gasteiger partial charge in [-0.2, -0.15) is 5.26 Å². The highest BCUT2D eigenvalue weighted by Gasteiger charge is 2.04. The number of hydrogen-bond acceptors (Lipinski definition) is 3. The fraction of sp³-hybridized carbons (Fsp3) is 0.500. The Morgan fingerprint density at radius 3 is 2.47 bits per heavy atom. The number of benzene rings is 1. The monoisotopic (exact) mass is 232 g/mol. The predicted molar refractivity (Wildman–Crippen MR) is 68.5 cm³/mol. The van der Waals surface area contributed by atoms with Crippen molar-refractivity contribution < 1.29 is 5.11 Å². The molecule has 2 unspecified atom stereocenters. The molecule has 0 heterocycles. The van der Waals surface area contributed by atoms with Gasteiger partial charge in [0.05, 0.1) is 17.7 Å². The molecule has 2 atom stereocenters. The number of nitrogens with one attached hydrogen (secondary N) is 1. The zero-order valence-electron chi connectivity index (χ0n) is 10.5. The summed E-state index contributed by atoms with van der Waals surface area (Å²) in [5.74, 6) is 0. The van der Waals surface area contributed by atoms with Crippen LogP contribution in [0.1, 0.15) is 43.9 Å². The first-order chi connectivity index (χ1) is 8.13. The third-order valence-electron chi connectivity index (χ3n) is 2.79. The Morgan fingerprint density at radius 1 is 1.29 bits per heavy atom. The highest BCUT2D eigenvalue weighted by atomic mass is 16.3. The second kappa shape index (κ2) is 7.05. The van der Waals surface area contributed by atoms with Crippen LogP contribution >= 0.6 is 0 Å². The van der Waals surface area contributed by atoms with Crippen LogP contribution in [-0.4, -0.2) is 17.8 Å². The first-order valence-electron chi connectivity index (χ1n) is 6.05. The van der Waals surface area contributed by atoms with E-state index in [9.17, 15) is 0 Å². The van der Waals surface area contributed by atoms with Gasteiger partial charge in [0, 0.05) is 6.04 Å². The lowest BCUT2D eigenvalue weighted by Gasteiger charge is -2.14. The van der Waals surface area contributed by atoms with E-state index in [2.05, 4.69) is 18.3 Å². The van der Waals surface area contributed by atoms with E-state index >= 15 is 0 Å². The second-order valence-electron chi connectivity index (χ2n) is 4.40. The van der Waals surface area contributed by atoms with Crippen LogP contribution in [0.5, 0.6) is 0 Å². The minimum Gasteiger partial charge on any atom is -0.393 e. The molecule has 0 saturated heterocycles. The summed E-state index contributed by atoms with van der Waals surface area (Å²) in [6.07, 6.45) is 1.58. The largest absolute Gasteiger partial charge is 0.393 e. The van der Waals surface area contributed by atoms with Crippen LogP contribution in [0.25, 0.3) is 0 Å². The molecule has 0 bridgehead atoms. The van der Waals surface area contributed by atoms with E-state index in [4.69, 9.17) is 10.4 Å². The van der Waals surface area contributed by atoms with Gasteiger partial charge in [-0.15, -0.1) is 0 Å². The molecule has 0 amide bonds. The van der Waals surface area contributed by atoms with Gasteiger partial charge in [0.15, 0.2) is 0 Å². The van der Waals surface area contributed by atoms with Crippen molar-refractivity contribution in [2.45, 2.75) is 38.8 Å². The Kier molecular flexibility index (Phi) is 5.68. The van der Waals surface area contributed by atoms with Gasteiger partial charge in [-0.3, -0.25) is 0 Å². The van der Waals surface area contributed by atoms with Crippen molar-refractivity contribution in [3.8, 4) is 6.07 Å². The van der Waals surface area contributed by atoms with E-state index in [0.717, 1.165) is 19.4 Å². The molecule has 0 aliphatic rings. The zero-order valence-corrected chi connectivity index (χ0v) is 10.5. The summed E-state index contributed by atoms with van der Waals surface area (Å²) < 4.78 is 0. The number of nitrogens with zero attached hydrogens (tertiary/aromatic N) is 1. The number of nitriles is 1. The van der Waals surface area contributed by atoms with Crippen LogP contribution in [0.2, 0.25) is 0 Å². The number of hydrogen-bond donors (Lipinski definition) is 2. The van der Waals surface area contributed by atoms with Crippen molar-refractivity contribution in [1.82, 2.24) is 5.32 Å². The summed E-state index contributed by atoms with van der Waals surface area (Å²) >= 11 is 0. The van der Waals surface area contributed by atoms with Gasteiger partial charge in [0.25, 0.3) is 0 Å². The van der Waals surface area contributed by atoms with E-state index in [1.807, 2.05) is 31.2 Å². The molecule has 0 saturated carbocycles. The summed E-state index contributed by atoms with van der Waals surface area (Å²) in [5, 5.41) is 21.2. The Balaban J connectivity index is 2.36. The van der Waals surface area contributed by atoms with Crippen LogP contribution < -0.4 is 5.32 Å². The fourth-order valence-electron chi connectivity index (χ4n) is 1.68. The van der Waals surface area contributed by atoms with Crippen molar-refractivity contribution in [2.24, 2.45) is 0 Å². The molecule has 0 aliphatic carbocycles. The second-order valence-corrected chi connectivity index (χ2v) is 4.40. The highest BCUT2D eigenvalue weighted by Crippen LogP contribution is 2.13. The van der Waals surface area contributed by atoms with Gasteiger partial charge in [-0.1, -0.05) is 12.1 Å². The van der Waals surface area contributed by atoms with Crippen molar-refractivity contribution >= 4 is 0 Å². The molecule has 0 aromatic heterocycles. The third kappa shape index (κ3) is 4.99. The molecular formula is C14H20N2O. The van der Waals surface area contributed by atoms with Crippen molar-refractivity contribution in [3.63, 3.8) is 0 Å². The molecule has 92 valence electrons. The number of aliphatic hydroxyl groups excluding tert-OH is 1. The Hall–Kier alpha value is -1.37. The molecule has 3 heteroatoms. The van der Waals surface area contributed by atoms with E-state index in [0.29, 0.717) is 5.56 Å². The van der Waals surface area contributed by atoms with Gasteiger partial charge in [0.1, 0.15) is 0 Å². The molecule has 2 N–H and O–H groups in total. The van der Waals surface area contributed by atoms with Gasteiger partial charge >= 0.3 is 0 Å². The standard InChI is InChI=1S/C14H20N2O/c1-11(17)4-3-9-16-12(2)14-7-5-13(10-15)6-8-14/h5-8,11-12,16-17H,3-4,9H2,1-2H3. The third-order valence-corrected chi connectivity index (χ3v) is 2.79. The fourth-order valence-corrected chi connectivity index (χ4v) is 1.68. The lowest BCUT2D eigenvalue weighted by molar-refractivity contribution is 0.181. The van der Waals surface area contributed by atoms with Crippen LogP contribution in [0.15, 0.2) is 24.3 Å². The molecule has 1 aromatic carbocycles. The summed E-state index contributed by atoms with van der Waals surface area (Å²) in [4.78, 5) is 0. The van der Waals surface area contributed by atoms with Crippen LogP contribution in [0, 0.1) is 11.3 Å². The predicted octanol–water partition coefficient (Wildman–Crippen LogP) is 2.37. The summed E-state index contributed by atoms with van der Waals surface area (Å²) in [7, 11) is 0. The molecule has 3 nitrogen and oxygen atoms in total. The van der Waals surface area contributed by atoms with E-state index in [-0.39, 0.29) is 12.1 Å². The lowest BCUT2D eigenvalue weighted by Crippen LogP contribution is -2.20. The van der Waals surface area contributed by atoms with Gasteiger partial charge < -0.3 is 10.4 Å². The summed E-state index contributed by atoms with van der Waals surface area (Å²) in [6.45, 7) is 4.81. The van der Waals surface area contributed by atoms with Gasteiger partial charge in [-0.05, 0) is 50.9 Å². The quantitative estimate of drug-likeness (QED) is 0.740. The Morgan fingerprint density at radius 2 is 1.94 bits per heavy atom. The number of aliphatic hydroxyl groups is 1. The molecule has 0 spiro atoms. The van der Waals surface area contributed by atoms with Crippen molar-refractivity contribution in [1.29, 1.82) is 5.26 Å². The lowest BCUT2D eigenvalue weighted by atomic mass is 10.1. The van der Waals surface area contributed by atoms with Crippen LogP contribution in [0.4, 0.5) is 0 Å². The molecule has 0 aliphatic heterocycles. The molecule has 17 heavy (non-hydrogen) atoms. The maximum Gasteiger partial charge on any atom is 0.0991 e. The Labute approximate surface area is 103 Å². The van der Waals surface area contributed by atoms with Crippen molar-refractivity contribution in [3.05, 3.63) is 35.4 Å². The highest BCUT2D eigenvalue weighted by molar-refractivity contribution is 5.32. The SMILES string of the molecule is CC(O)CCCNC(C)c1ccc(C#N)cc1. The molecule has 0 radical (unpaired) electrons. The molecule has 0 fully saturated rings. The summed E-state index contributed by atoms with van der Waals surface area (Å²) in [5.41, 5.74) is 1.87. The minimum atomic E-state index is -0.220. The molecule has 1 aromatic rings. The average Bonchev–Trinajstić information content (AvgIpc) is 2.34. The maximum absolute atomic E-state index is 9.13. The Bertz CT molecular complexity index is 365. The minimum absolute atomic E-state index is 0.220. The van der Waals surface area contributed by atoms with E-state index < -0.39 is 0 Å². The maximum atomic E-state index is 9.13. The topological polar surface area (TPSA) is 56.0 Å². The number of rotatable bonds is 6. The first-order valence-corrected chi connectivity index (χ1v) is 6.05. The van der Waals surface area contributed by atoms with Crippen molar-refractivity contribution in [2.75, 3.05) is 6.54 Å². The van der Waals surface area contributed by atoms with E-state index in [1.165, 1.54) is 5.56 Å². The first kappa shape index (κ1) is 13.7.